The topological polar surface area (TPSA) is 23.4 Å². The molecule has 0 aliphatic heterocycles. The monoisotopic (exact) mass is 301 g/mol. The number of alkyl halides is 3. The number of benzene rings is 1. The average Bonchev–Trinajstić information content (AvgIpc) is 2.83. The van der Waals surface area contributed by atoms with Gasteiger partial charge in [0.15, 0.2) is 0 Å². The predicted molar refractivity (Wildman–Crippen MR) is 74.6 cm³/mol. The van der Waals surface area contributed by atoms with Crippen molar-refractivity contribution in [3.63, 3.8) is 0 Å². The molecule has 0 radical (unpaired) electrons. The van der Waals surface area contributed by atoms with E-state index in [9.17, 15) is 13.2 Å². The van der Waals surface area contributed by atoms with E-state index in [0.717, 1.165) is 23.1 Å². The maximum absolute atomic E-state index is 12.0. The van der Waals surface area contributed by atoms with Gasteiger partial charge in [-0.2, -0.15) is 13.2 Å². The fourth-order valence-corrected chi connectivity index (χ4v) is 2.03. The highest BCUT2D eigenvalue weighted by atomic mass is 19.4. The van der Waals surface area contributed by atoms with Crippen LogP contribution in [0, 0.1) is 0 Å². The van der Waals surface area contributed by atoms with Crippen molar-refractivity contribution in [2.45, 2.75) is 26.1 Å². The van der Waals surface area contributed by atoms with Crippen molar-refractivity contribution in [2.75, 3.05) is 19.8 Å². The number of ether oxygens (including phenoxy) is 2. The van der Waals surface area contributed by atoms with E-state index in [1.165, 1.54) is 0 Å². The third-order valence-corrected chi connectivity index (χ3v) is 2.96. The van der Waals surface area contributed by atoms with E-state index in [-0.39, 0.29) is 6.61 Å². The number of hydrogen-bond donors (Lipinski definition) is 0. The molecule has 116 valence electrons. The lowest BCUT2D eigenvalue weighted by atomic mass is 10.2. The van der Waals surface area contributed by atoms with Crippen molar-refractivity contribution in [3.8, 4) is 5.75 Å². The molecule has 0 saturated carbocycles. The largest absolute Gasteiger partial charge is 0.494 e. The Hall–Kier alpha value is -1.69. The molecular weight excluding hydrogens is 283 g/mol. The molecule has 6 heteroatoms. The van der Waals surface area contributed by atoms with Crippen molar-refractivity contribution in [2.24, 2.45) is 0 Å². The highest BCUT2D eigenvalue weighted by molar-refractivity contribution is 5.81. The van der Waals surface area contributed by atoms with Crippen LogP contribution < -0.4 is 4.74 Å². The van der Waals surface area contributed by atoms with Crippen molar-refractivity contribution in [1.82, 2.24) is 4.57 Å². The summed E-state index contributed by atoms with van der Waals surface area (Å²) in [6, 6.07) is 7.62. The van der Waals surface area contributed by atoms with E-state index in [4.69, 9.17) is 4.74 Å². The van der Waals surface area contributed by atoms with Gasteiger partial charge in [-0.05, 0) is 30.7 Å². The van der Waals surface area contributed by atoms with Crippen LogP contribution in [0.15, 0.2) is 30.5 Å². The number of rotatable bonds is 7. The predicted octanol–water partition coefficient (Wildman–Crippen LogP) is 4.01. The first kappa shape index (κ1) is 15.7. The molecule has 0 atom stereocenters. The van der Waals surface area contributed by atoms with E-state index in [1.54, 1.807) is 0 Å². The van der Waals surface area contributed by atoms with Gasteiger partial charge < -0.3 is 14.0 Å². The number of halogens is 3. The molecule has 0 amide bonds. The van der Waals surface area contributed by atoms with Crippen molar-refractivity contribution in [3.05, 3.63) is 30.5 Å². The van der Waals surface area contributed by atoms with Crippen LogP contribution in [-0.2, 0) is 11.3 Å². The van der Waals surface area contributed by atoms with Gasteiger partial charge in [-0.25, -0.2) is 0 Å². The molecule has 0 spiro atoms. The fourth-order valence-electron chi connectivity index (χ4n) is 2.03. The van der Waals surface area contributed by atoms with Gasteiger partial charge in [-0.3, -0.25) is 0 Å². The van der Waals surface area contributed by atoms with E-state index in [0.29, 0.717) is 13.2 Å². The van der Waals surface area contributed by atoms with Gasteiger partial charge in [0.1, 0.15) is 12.4 Å². The number of aromatic nitrogens is 1. The summed E-state index contributed by atoms with van der Waals surface area (Å²) in [6.07, 6.45) is -1.49. The fraction of sp³-hybridized carbons (Fsp3) is 0.467. The van der Waals surface area contributed by atoms with Gasteiger partial charge in [-0.15, -0.1) is 0 Å². The minimum Gasteiger partial charge on any atom is -0.494 e. The molecule has 0 saturated heterocycles. The van der Waals surface area contributed by atoms with E-state index < -0.39 is 12.8 Å². The van der Waals surface area contributed by atoms with Gasteiger partial charge in [0.25, 0.3) is 0 Å². The third-order valence-electron chi connectivity index (χ3n) is 2.96. The van der Waals surface area contributed by atoms with Crippen LogP contribution in [0.2, 0.25) is 0 Å². The Kier molecular flexibility index (Phi) is 5.12. The highest BCUT2D eigenvalue weighted by Gasteiger charge is 2.27. The first-order chi connectivity index (χ1) is 9.99. The molecule has 1 heterocycles. The van der Waals surface area contributed by atoms with Crippen molar-refractivity contribution in [1.29, 1.82) is 0 Å². The molecule has 2 rings (SSSR count). The molecule has 0 aliphatic carbocycles. The first-order valence-electron chi connectivity index (χ1n) is 6.86. The number of fused-ring (bicyclic) bond motifs is 1. The van der Waals surface area contributed by atoms with E-state index in [2.05, 4.69) is 4.74 Å². The van der Waals surface area contributed by atoms with Crippen molar-refractivity contribution < 1.29 is 22.6 Å². The third kappa shape index (κ3) is 4.67. The molecule has 21 heavy (non-hydrogen) atoms. The Morgan fingerprint density at radius 1 is 1.14 bits per heavy atom. The minimum atomic E-state index is -4.27. The second-order valence-corrected chi connectivity index (χ2v) is 4.75. The molecule has 0 aliphatic rings. The van der Waals surface area contributed by atoms with Gasteiger partial charge in [0.2, 0.25) is 0 Å². The lowest BCUT2D eigenvalue weighted by molar-refractivity contribution is -0.174. The Balaban J connectivity index is 1.95. The Morgan fingerprint density at radius 2 is 1.95 bits per heavy atom. The van der Waals surface area contributed by atoms with E-state index >= 15 is 0 Å². The second kappa shape index (κ2) is 6.85. The van der Waals surface area contributed by atoms with Crippen LogP contribution in [0.5, 0.6) is 5.75 Å². The molecule has 0 N–H and O–H groups in total. The standard InChI is InChI=1S/C15H18F3NO2/c1-2-8-21-13-3-4-14-12(10-13)5-6-19(14)7-9-20-11-15(16,17)18/h3-6,10H,2,7-9,11H2,1H3. The lowest BCUT2D eigenvalue weighted by Crippen LogP contribution is -2.18. The minimum absolute atomic E-state index is 0.0252. The summed E-state index contributed by atoms with van der Waals surface area (Å²) in [5.74, 6) is 0.801. The molecule has 2 aromatic rings. The summed E-state index contributed by atoms with van der Waals surface area (Å²) in [5.41, 5.74) is 0.953. The molecule has 1 aromatic carbocycles. The van der Waals surface area contributed by atoms with E-state index in [1.807, 2.05) is 42.0 Å². The van der Waals surface area contributed by atoms with Gasteiger partial charge in [0.05, 0.1) is 13.2 Å². The van der Waals surface area contributed by atoms with Crippen LogP contribution in [0.1, 0.15) is 13.3 Å². The van der Waals surface area contributed by atoms with Gasteiger partial charge >= 0.3 is 6.18 Å². The molecule has 0 bridgehead atoms. The molecular formula is C15H18F3NO2. The summed E-state index contributed by atoms with van der Waals surface area (Å²) in [4.78, 5) is 0. The zero-order valence-electron chi connectivity index (χ0n) is 11.8. The summed E-state index contributed by atoms with van der Waals surface area (Å²) >= 11 is 0. The van der Waals surface area contributed by atoms with Crippen LogP contribution in [0.25, 0.3) is 10.9 Å². The number of hydrogen-bond acceptors (Lipinski definition) is 2. The normalized spacial score (nSPS) is 12.0. The van der Waals surface area contributed by atoms with Crippen molar-refractivity contribution >= 4 is 10.9 Å². The summed E-state index contributed by atoms with van der Waals surface area (Å²) in [7, 11) is 0. The maximum atomic E-state index is 12.0. The molecule has 0 fully saturated rings. The SMILES string of the molecule is CCCOc1ccc2c(ccn2CCOCC(F)(F)F)c1. The van der Waals surface area contributed by atoms with Crippen LogP contribution in [0.4, 0.5) is 13.2 Å². The van der Waals surface area contributed by atoms with Gasteiger partial charge in [-0.1, -0.05) is 6.92 Å². The lowest BCUT2D eigenvalue weighted by Gasteiger charge is -2.09. The molecule has 1 aromatic heterocycles. The highest BCUT2D eigenvalue weighted by Crippen LogP contribution is 2.22. The first-order valence-corrected chi connectivity index (χ1v) is 6.86. The molecule has 3 nitrogen and oxygen atoms in total. The Labute approximate surface area is 121 Å². The zero-order chi connectivity index (χ0) is 15.3. The summed E-state index contributed by atoms with van der Waals surface area (Å²) in [6.45, 7) is 1.90. The smallest absolute Gasteiger partial charge is 0.411 e. The maximum Gasteiger partial charge on any atom is 0.411 e. The summed E-state index contributed by atoms with van der Waals surface area (Å²) in [5, 5.41) is 0.999. The molecule has 0 unspecified atom stereocenters. The summed E-state index contributed by atoms with van der Waals surface area (Å²) < 4.78 is 48.0. The second-order valence-electron chi connectivity index (χ2n) is 4.75. The Morgan fingerprint density at radius 3 is 2.67 bits per heavy atom. The Bertz CT molecular complexity index is 578. The average molecular weight is 301 g/mol. The van der Waals surface area contributed by atoms with Crippen LogP contribution >= 0.6 is 0 Å². The quantitative estimate of drug-likeness (QED) is 0.721. The number of nitrogens with zero attached hydrogens (tertiary/aromatic N) is 1. The zero-order valence-corrected chi connectivity index (χ0v) is 11.8. The van der Waals surface area contributed by atoms with Crippen LogP contribution in [-0.4, -0.2) is 30.6 Å². The van der Waals surface area contributed by atoms with Crippen LogP contribution in [0.3, 0.4) is 0 Å². The van der Waals surface area contributed by atoms with Gasteiger partial charge in [0, 0.05) is 23.6 Å².